The lowest BCUT2D eigenvalue weighted by atomic mass is 10.1. The summed E-state index contributed by atoms with van der Waals surface area (Å²) in [5.74, 6) is -0.420. The van der Waals surface area contributed by atoms with Crippen LogP contribution in [0.3, 0.4) is 0 Å². The predicted octanol–water partition coefficient (Wildman–Crippen LogP) is -3.63. The summed E-state index contributed by atoms with van der Waals surface area (Å²) in [6.45, 7) is -0.541. The Labute approximate surface area is 129 Å². The number of aliphatic imine (C=N–C) groups is 3. The molecule has 128 valence electrons. The Morgan fingerprint density at radius 3 is 2.65 bits per heavy atom. The van der Waals surface area contributed by atoms with E-state index in [2.05, 4.69) is 15.0 Å². The molecule has 0 saturated carbocycles. The molecular weight excluding hydrogens is 333 g/mol. The first kappa shape index (κ1) is 16.5. The summed E-state index contributed by atoms with van der Waals surface area (Å²) >= 11 is 0. The Kier molecular flexibility index (Phi) is 3.80. The number of rotatable bonds is 3. The average Bonchev–Trinajstić information content (AvgIpc) is 3.00. The second-order valence-corrected chi connectivity index (χ2v) is 7.11. The minimum Gasteiger partial charge on any atom is -0.394 e. The highest BCUT2D eigenvalue weighted by atomic mass is 31.2. The van der Waals surface area contributed by atoms with Crippen LogP contribution in [0.15, 0.2) is 15.0 Å². The maximum absolute atomic E-state index is 12.0. The zero-order valence-corrected chi connectivity index (χ0v) is 12.5. The third-order valence-corrected chi connectivity index (χ3v) is 5.53. The first-order chi connectivity index (χ1) is 10.7. The minimum absolute atomic E-state index is 0.420. The Bertz CT molecular complexity index is 635. The zero-order valence-electron chi connectivity index (χ0n) is 11.6. The van der Waals surface area contributed by atoms with Gasteiger partial charge in [0.25, 0.3) is 5.28 Å². The molecule has 1 saturated heterocycles. The predicted molar refractivity (Wildman–Crippen MR) is 76.8 cm³/mol. The van der Waals surface area contributed by atoms with E-state index in [-0.39, 0.29) is 0 Å². The molecule has 0 aromatic rings. The molecule has 0 aliphatic carbocycles. The van der Waals surface area contributed by atoms with Crippen LogP contribution in [0.5, 0.6) is 0 Å². The second-order valence-electron chi connectivity index (χ2n) is 5.34. The van der Waals surface area contributed by atoms with Crippen LogP contribution in [0.25, 0.3) is 0 Å². The van der Waals surface area contributed by atoms with Crippen molar-refractivity contribution >= 4 is 26.1 Å². The van der Waals surface area contributed by atoms with E-state index in [0.717, 1.165) is 17.6 Å². The highest BCUT2D eigenvalue weighted by Gasteiger charge is 2.64. The van der Waals surface area contributed by atoms with E-state index in [1.165, 1.54) is 0 Å². The summed E-state index contributed by atoms with van der Waals surface area (Å²) in [6.07, 6.45) is -4.32. The number of hydrogen-bond acceptors (Lipinski definition) is 10. The van der Waals surface area contributed by atoms with Crippen molar-refractivity contribution in [1.82, 2.24) is 4.90 Å². The molecule has 0 aromatic carbocycles. The van der Waals surface area contributed by atoms with E-state index in [4.69, 9.17) is 15.6 Å². The van der Waals surface area contributed by atoms with Crippen molar-refractivity contribution in [2.45, 2.75) is 36.0 Å². The van der Waals surface area contributed by atoms with Crippen LogP contribution in [0.2, 0.25) is 0 Å². The van der Waals surface area contributed by atoms with Crippen molar-refractivity contribution < 1.29 is 34.4 Å². The lowest BCUT2D eigenvalue weighted by Crippen LogP contribution is -2.58. The Morgan fingerprint density at radius 2 is 2.09 bits per heavy atom. The topological polar surface area (TPSA) is 194 Å². The van der Waals surface area contributed by atoms with Crippen molar-refractivity contribution in [3.63, 3.8) is 0 Å². The van der Waals surface area contributed by atoms with Crippen molar-refractivity contribution in [2.24, 2.45) is 20.7 Å². The van der Waals surface area contributed by atoms with Gasteiger partial charge in [0.2, 0.25) is 0 Å². The first-order valence-corrected chi connectivity index (χ1v) is 8.21. The fourth-order valence-electron chi connectivity index (χ4n) is 2.83. The van der Waals surface area contributed by atoms with Gasteiger partial charge in [0, 0.05) is 0 Å². The van der Waals surface area contributed by atoms with Crippen LogP contribution in [-0.4, -0.2) is 91.1 Å². The zero-order chi connectivity index (χ0) is 17.0. The SMILES string of the molecule is NC1=NC=NC2N([C@@H]3O[C@H](CO)[C@@H](O)[C@H]3O)C=NC12P(=O)(O)O. The number of ether oxygens (including phenoxy) is 1. The molecule has 7 N–H and O–H groups in total. The van der Waals surface area contributed by atoms with Gasteiger partial charge in [-0.15, -0.1) is 0 Å². The molecule has 0 spiro atoms. The molecular formula is C10H16N5O7P. The highest BCUT2D eigenvalue weighted by molar-refractivity contribution is 7.55. The maximum atomic E-state index is 12.0. The molecule has 23 heavy (non-hydrogen) atoms. The molecule has 3 rings (SSSR count). The van der Waals surface area contributed by atoms with Crippen molar-refractivity contribution in [1.29, 1.82) is 0 Å². The normalized spacial score (nSPS) is 42.9. The lowest BCUT2D eigenvalue weighted by Gasteiger charge is -2.37. The monoisotopic (exact) mass is 349 g/mol. The van der Waals surface area contributed by atoms with Crippen LogP contribution < -0.4 is 5.73 Å². The molecule has 3 aliphatic heterocycles. The molecule has 3 aliphatic rings. The van der Waals surface area contributed by atoms with Gasteiger partial charge in [-0.2, -0.15) is 0 Å². The number of nitrogens with zero attached hydrogens (tertiary/aromatic N) is 4. The quantitative estimate of drug-likeness (QED) is 0.279. The van der Waals surface area contributed by atoms with Gasteiger partial charge >= 0.3 is 7.60 Å². The largest absolute Gasteiger partial charge is 0.394 e. The Hall–Kier alpha value is -1.40. The molecule has 0 bridgehead atoms. The third kappa shape index (κ3) is 2.15. The van der Waals surface area contributed by atoms with E-state index >= 15 is 0 Å². The number of fused-ring (bicyclic) bond motifs is 1. The highest BCUT2D eigenvalue weighted by Crippen LogP contribution is 2.57. The molecule has 3 heterocycles. The first-order valence-electron chi connectivity index (χ1n) is 6.60. The van der Waals surface area contributed by atoms with Gasteiger partial charge < -0.3 is 40.5 Å². The van der Waals surface area contributed by atoms with Crippen LogP contribution >= 0.6 is 7.60 Å². The van der Waals surface area contributed by atoms with Crippen LogP contribution in [0.4, 0.5) is 0 Å². The molecule has 13 heteroatoms. The van der Waals surface area contributed by atoms with Crippen molar-refractivity contribution in [3.8, 4) is 0 Å². The molecule has 0 amide bonds. The minimum atomic E-state index is -4.91. The Balaban J connectivity index is 1.97. The number of amidine groups is 1. The smallest absolute Gasteiger partial charge is 0.364 e. The molecule has 0 radical (unpaired) electrons. The number of nitrogens with two attached hydrogens (primary N) is 1. The number of hydrogen-bond donors (Lipinski definition) is 6. The molecule has 6 atom stereocenters. The standard InChI is InChI=1S/C10H16N5O7P/c11-8-10(23(19,20)21)9(13-2-12-8)15(3-14-10)7-6(18)5(17)4(1-16)22-7/h2-7,9,16-18H,1H2,(H2,11,12,13)(H2,19,20,21)/t4-,5-,6-,7-,9?,10?/m1/s1. The third-order valence-electron chi connectivity index (χ3n) is 4.07. The number of aliphatic hydroxyl groups excluding tert-OH is 3. The average molecular weight is 349 g/mol. The van der Waals surface area contributed by atoms with E-state index in [1.807, 2.05) is 0 Å². The summed E-state index contributed by atoms with van der Waals surface area (Å²) < 4.78 is 17.3. The second kappa shape index (κ2) is 5.31. The fourth-order valence-corrected chi connectivity index (χ4v) is 3.89. The summed E-state index contributed by atoms with van der Waals surface area (Å²) in [7, 11) is -4.91. The van der Waals surface area contributed by atoms with Gasteiger partial charge in [0.15, 0.2) is 12.4 Å². The van der Waals surface area contributed by atoms with Crippen LogP contribution in [-0.2, 0) is 9.30 Å². The van der Waals surface area contributed by atoms with Gasteiger partial charge in [-0.1, -0.05) is 0 Å². The van der Waals surface area contributed by atoms with E-state index in [0.29, 0.717) is 0 Å². The molecule has 1 fully saturated rings. The molecule has 0 aromatic heterocycles. The van der Waals surface area contributed by atoms with Gasteiger partial charge in [0.05, 0.1) is 12.9 Å². The fraction of sp³-hybridized carbons (Fsp3) is 0.700. The van der Waals surface area contributed by atoms with Crippen molar-refractivity contribution in [3.05, 3.63) is 0 Å². The summed E-state index contributed by atoms with van der Waals surface area (Å²) in [5, 5.41) is 26.8. The van der Waals surface area contributed by atoms with E-state index in [1.54, 1.807) is 0 Å². The maximum Gasteiger partial charge on any atom is 0.364 e. The van der Waals surface area contributed by atoms with Gasteiger partial charge in [-0.3, -0.25) is 4.57 Å². The Morgan fingerprint density at radius 1 is 1.39 bits per heavy atom. The summed E-state index contributed by atoms with van der Waals surface area (Å²) in [5.41, 5.74) is 5.65. The number of aliphatic hydroxyl groups is 3. The van der Waals surface area contributed by atoms with E-state index < -0.39 is 56.0 Å². The summed E-state index contributed by atoms with van der Waals surface area (Å²) in [6, 6.07) is 0. The van der Waals surface area contributed by atoms with Gasteiger partial charge in [0.1, 0.15) is 30.5 Å². The molecule has 12 nitrogen and oxygen atoms in total. The van der Waals surface area contributed by atoms with Gasteiger partial charge in [-0.25, -0.2) is 15.0 Å². The molecule has 2 unspecified atom stereocenters. The summed E-state index contributed by atoms with van der Waals surface area (Å²) in [4.78, 5) is 31.9. The van der Waals surface area contributed by atoms with Crippen LogP contribution in [0.1, 0.15) is 0 Å². The lowest BCUT2D eigenvalue weighted by molar-refractivity contribution is -0.0792. The van der Waals surface area contributed by atoms with Crippen LogP contribution in [0, 0.1) is 0 Å². The van der Waals surface area contributed by atoms with Gasteiger partial charge in [-0.05, 0) is 0 Å². The van der Waals surface area contributed by atoms with E-state index in [9.17, 15) is 24.6 Å². The van der Waals surface area contributed by atoms with Crippen molar-refractivity contribution in [2.75, 3.05) is 6.61 Å².